The first-order valence-corrected chi connectivity index (χ1v) is 5.97. The summed E-state index contributed by atoms with van der Waals surface area (Å²) in [4.78, 5) is 3.98. The molecule has 0 amide bonds. The van der Waals surface area contributed by atoms with E-state index in [0.717, 1.165) is 19.4 Å². The van der Waals surface area contributed by atoms with Gasteiger partial charge in [0.1, 0.15) is 0 Å². The second-order valence-electron chi connectivity index (χ2n) is 3.84. The smallest absolute Gasteiger partial charge is 0.174 e. The summed E-state index contributed by atoms with van der Waals surface area (Å²) in [7, 11) is 0. The van der Waals surface area contributed by atoms with E-state index in [0.29, 0.717) is 17.5 Å². The van der Waals surface area contributed by atoms with Crippen LogP contribution in [-0.4, -0.2) is 34.5 Å². The van der Waals surface area contributed by atoms with Gasteiger partial charge in [0.25, 0.3) is 0 Å². The molecule has 0 unspecified atom stereocenters. The molecule has 1 aliphatic heterocycles. The molecule has 0 spiro atoms. The number of hydrogen-bond donors (Lipinski definition) is 3. The Labute approximate surface area is 105 Å². The van der Waals surface area contributed by atoms with Crippen LogP contribution in [0.3, 0.4) is 0 Å². The van der Waals surface area contributed by atoms with Gasteiger partial charge in [0, 0.05) is 19.3 Å². The minimum Gasteiger partial charge on any atom is -0.504 e. The first-order chi connectivity index (χ1) is 8.25. The summed E-state index contributed by atoms with van der Waals surface area (Å²) in [5.74, 6) is 0.436. The van der Waals surface area contributed by atoms with Gasteiger partial charge in [0.2, 0.25) is 0 Å². The molecule has 2 heterocycles. The number of hydrogen-bond acceptors (Lipinski definition) is 4. The first kappa shape index (κ1) is 12.1. The van der Waals surface area contributed by atoms with Crippen LogP contribution in [0.2, 0.25) is 0 Å². The van der Waals surface area contributed by atoms with Crippen molar-refractivity contribution in [2.45, 2.75) is 18.9 Å². The molecule has 0 aromatic carbocycles. The van der Waals surface area contributed by atoms with Crippen molar-refractivity contribution in [2.24, 2.45) is 0 Å². The highest BCUT2D eigenvalue weighted by Crippen LogP contribution is 2.17. The summed E-state index contributed by atoms with van der Waals surface area (Å²) in [6, 6.07) is 3.21. The van der Waals surface area contributed by atoms with Crippen LogP contribution in [0.4, 0.5) is 5.82 Å². The largest absolute Gasteiger partial charge is 0.504 e. The first-order valence-electron chi connectivity index (χ1n) is 5.56. The Morgan fingerprint density at radius 1 is 1.65 bits per heavy atom. The van der Waals surface area contributed by atoms with Crippen molar-refractivity contribution in [1.29, 1.82) is 0 Å². The van der Waals surface area contributed by atoms with Gasteiger partial charge in [-0.15, -0.1) is 0 Å². The fourth-order valence-corrected chi connectivity index (χ4v) is 1.84. The van der Waals surface area contributed by atoms with Crippen molar-refractivity contribution < 1.29 is 9.84 Å². The summed E-state index contributed by atoms with van der Waals surface area (Å²) >= 11 is 5.10. The molecular formula is C11H15N3O2S. The van der Waals surface area contributed by atoms with E-state index in [2.05, 4.69) is 15.6 Å². The van der Waals surface area contributed by atoms with E-state index in [-0.39, 0.29) is 11.9 Å². The maximum atomic E-state index is 9.50. The quantitative estimate of drug-likeness (QED) is 0.705. The van der Waals surface area contributed by atoms with Crippen LogP contribution in [0.5, 0.6) is 5.75 Å². The summed E-state index contributed by atoms with van der Waals surface area (Å²) in [5.41, 5.74) is 0. The van der Waals surface area contributed by atoms with E-state index in [9.17, 15) is 5.11 Å². The van der Waals surface area contributed by atoms with Gasteiger partial charge < -0.3 is 20.5 Å². The van der Waals surface area contributed by atoms with Crippen LogP contribution in [0, 0.1) is 0 Å². The van der Waals surface area contributed by atoms with Gasteiger partial charge in [-0.3, -0.25) is 0 Å². The monoisotopic (exact) mass is 253 g/mol. The third kappa shape index (κ3) is 3.54. The average molecular weight is 253 g/mol. The average Bonchev–Trinajstić information content (AvgIpc) is 2.82. The maximum Gasteiger partial charge on any atom is 0.174 e. The van der Waals surface area contributed by atoms with Gasteiger partial charge in [-0.25, -0.2) is 4.98 Å². The zero-order valence-corrected chi connectivity index (χ0v) is 10.2. The molecule has 1 aromatic rings. The van der Waals surface area contributed by atoms with Crippen LogP contribution in [-0.2, 0) is 4.74 Å². The van der Waals surface area contributed by atoms with Gasteiger partial charge in [0.05, 0.1) is 6.10 Å². The predicted molar refractivity (Wildman–Crippen MR) is 69.1 cm³/mol. The van der Waals surface area contributed by atoms with E-state index in [4.69, 9.17) is 17.0 Å². The Hall–Kier alpha value is -1.40. The van der Waals surface area contributed by atoms with Crippen molar-refractivity contribution in [3.8, 4) is 5.75 Å². The van der Waals surface area contributed by atoms with Crippen molar-refractivity contribution in [2.75, 3.05) is 18.5 Å². The number of thiocarbonyl (C=S) groups is 1. The van der Waals surface area contributed by atoms with Gasteiger partial charge in [-0.05, 0) is 37.2 Å². The van der Waals surface area contributed by atoms with E-state index in [1.54, 1.807) is 18.3 Å². The Morgan fingerprint density at radius 3 is 3.24 bits per heavy atom. The van der Waals surface area contributed by atoms with Crippen molar-refractivity contribution in [3.05, 3.63) is 18.3 Å². The molecule has 3 N–H and O–H groups in total. The van der Waals surface area contributed by atoms with Crippen molar-refractivity contribution in [3.63, 3.8) is 0 Å². The molecule has 1 aliphatic rings. The van der Waals surface area contributed by atoms with Crippen molar-refractivity contribution in [1.82, 2.24) is 10.3 Å². The van der Waals surface area contributed by atoms with Crippen LogP contribution in [0.1, 0.15) is 12.8 Å². The molecule has 1 atom stereocenters. The Bertz CT molecular complexity index is 394. The highest BCUT2D eigenvalue weighted by atomic mass is 32.1. The lowest BCUT2D eigenvalue weighted by Gasteiger charge is -2.13. The van der Waals surface area contributed by atoms with E-state index in [1.165, 1.54) is 0 Å². The van der Waals surface area contributed by atoms with Crippen molar-refractivity contribution >= 4 is 23.1 Å². The molecule has 6 heteroatoms. The topological polar surface area (TPSA) is 66.4 Å². The molecule has 1 aromatic heterocycles. The third-order valence-corrected chi connectivity index (χ3v) is 2.78. The number of pyridine rings is 1. The molecule has 1 saturated heterocycles. The number of ether oxygens (including phenoxy) is 1. The number of nitrogens with one attached hydrogen (secondary N) is 2. The molecule has 2 rings (SSSR count). The molecule has 5 nitrogen and oxygen atoms in total. The number of aromatic nitrogens is 1. The Balaban J connectivity index is 1.79. The minimum atomic E-state index is 0.0776. The fourth-order valence-electron chi connectivity index (χ4n) is 1.66. The Kier molecular flexibility index (Phi) is 4.11. The third-order valence-electron chi connectivity index (χ3n) is 2.53. The maximum absolute atomic E-state index is 9.50. The molecule has 92 valence electrons. The van der Waals surface area contributed by atoms with Crippen LogP contribution in [0.15, 0.2) is 18.3 Å². The fraction of sp³-hybridized carbons (Fsp3) is 0.455. The van der Waals surface area contributed by atoms with Crippen LogP contribution in [0.25, 0.3) is 0 Å². The molecule has 0 radical (unpaired) electrons. The summed E-state index contributed by atoms with van der Waals surface area (Å²) in [6.45, 7) is 1.51. The zero-order chi connectivity index (χ0) is 12.1. The molecule has 0 bridgehead atoms. The lowest BCUT2D eigenvalue weighted by Crippen LogP contribution is -2.35. The normalized spacial score (nSPS) is 18.9. The minimum absolute atomic E-state index is 0.0776. The summed E-state index contributed by atoms with van der Waals surface area (Å²) in [5, 5.41) is 15.8. The molecule has 0 aliphatic carbocycles. The van der Waals surface area contributed by atoms with E-state index >= 15 is 0 Å². The van der Waals surface area contributed by atoms with Gasteiger partial charge in [-0.1, -0.05) is 0 Å². The van der Waals surface area contributed by atoms with Crippen LogP contribution >= 0.6 is 12.2 Å². The number of aromatic hydroxyl groups is 1. The second-order valence-corrected chi connectivity index (χ2v) is 4.25. The Morgan fingerprint density at radius 2 is 2.53 bits per heavy atom. The van der Waals surface area contributed by atoms with Gasteiger partial charge in [0.15, 0.2) is 16.7 Å². The second kappa shape index (κ2) is 5.79. The lowest BCUT2D eigenvalue weighted by molar-refractivity contribution is 0.114. The molecular weight excluding hydrogens is 238 g/mol. The molecule has 1 fully saturated rings. The highest BCUT2D eigenvalue weighted by molar-refractivity contribution is 7.80. The lowest BCUT2D eigenvalue weighted by atomic mass is 10.2. The summed E-state index contributed by atoms with van der Waals surface area (Å²) < 4.78 is 5.46. The number of nitrogens with zero attached hydrogens (tertiary/aromatic N) is 1. The zero-order valence-electron chi connectivity index (χ0n) is 9.35. The molecule has 0 saturated carbocycles. The number of anilines is 1. The predicted octanol–water partition coefficient (Wildman–Crippen LogP) is 1.25. The van der Waals surface area contributed by atoms with E-state index in [1.807, 2.05) is 0 Å². The van der Waals surface area contributed by atoms with E-state index < -0.39 is 0 Å². The van der Waals surface area contributed by atoms with Gasteiger partial charge in [-0.2, -0.15) is 0 Å². The highest BCUT2D eigenvalue weighted by Gasteiger charge is 2.15. The SMILES string of the molecule is Oc1cccnc1NC(=S)NC[C@@H]1CCCO1. The van der Waals surface area contributed by atoms with Crippen LogP contribution < -0.4 is 10.6 Å². The standard InChI is InChI=1S/C11H15N3O2S/c15-9-4-1-5-12-10(9)14-11(17)13-7-8-3-2-6-16-8/h1,4-5,8,15H,2-3,6-7H2,(H2,12,13,14,17)/t8-/m0/s1. The number of rotatable bonds is 3. The summed E-state index contributed by atoms with van der Waals surface area (Å²) in [6.07, 6.45) is 3.98. The van der Waals surface area contributed by atoms with Gasteiger partial charge >= 0.3 is 0 Å². The molecule has 17 heavy (non-hydrogen) atoms.